The topological polar surface area (TPSA) is 54.9 Å². The zero-order chi connectivity index (χ0) is 16.5. The lowest BCUT2D eigenvalue weighted by molar-refractivity contribution is 0.172. The summed E-state index contributed by atoms with van der Waals surface area (Å²) in [6.45, 7) is 7.02. The second-order valence-corrected chi connectivity index (χ2v) is 5.92. The highest BCUT2D eigenvalue weighted by Crippen LogP contribution is 2.22. The monoisotopic (exact) mass is 447 g/mol. The number of nitrogens with one attached hydrogen (secondary N) is 2. The quantitative estimate of drug-likeness (QED) is 0.264. The van der Waals surface area contributed by atoms with E-state index in [9.17, 15) is 0 Å². The van der Waals surface area contributed by atoms with E-state index in [1.165, 1.54) is 18.4 Å². The molecule has 0 unspecified atom stereocenters. The third kappa shape index (κ3) is 7.70. The molecule has 1 aromatic carbocycles. The molecule has 1 fully saturated rings. The molecule has 0 heterocycles. The van der Waals surface area contributed by atoms with Gasteiger partial charge < -0.3 is 20.1 Å². The van der Waals surface area contributed by atoms with Crippen molar-refractivity contribution >= 4 is 29.9 Å². The number of nitrogens with zero attached hydrogens (tertiary/aromatic N) is 1. The van der Waals surface area contributed by atoms with E-state index in [2.05, 4.69) is 47.7 Å². The Labute approximate surface area is 162 Å². The van der Waals surface area contributed by atoms with E-state index in [4.69, 9.17) is 9.47 Å². The molecule has 1 aromatic rings. The molecular weight excluding hydrogens is 417 g/mol. The van der Waals surface area contributed by atoms with Gasteiger partial charge in [-0.3, -0.25) is 0 Å². The van der Waals surface area contributed by atoms with Gasteiger partial charge in [0.25, 0.3) is 0 Å². The van der Waals surface area contributed by atoms with E-state index in [1.807, 2.05) is 0 Å². The Balaban J connectivity index is 0.00000288. The highest BCUT2D eigenvalue weighted by Gasteiger charge is 2.22. The number of hydrogen-bond donors (Lipinski definition) is 2. The van der Waals surface area contributed by atoms with Crippen molar-refractivity contribution < 1.29 is 9.47 Å². The van der Waals surface area contributed by atoms with Crippen molar-refractivity contribution in [3.05, 3.63) is 29.3 Å². The lowest BCUT2D eigenvalue weighted by Gasteiger charge is -2.13. The van der Waals surface area contributed by atoms with E-state index >= 15 is 0 Å². The summed E-state index contributed by atoms with van der Waals surface area (Å²) in [5, 5.41) is 6.73. The Morgan fingerprint density at radius 1 is 1.29 bits per heavy atom. The van der Waals surface area contributed by atoms with Gasteiger partial charge in [0.05, 0.1) is 13.2 Å². The average Bonchev–Trinajstić information content (AvgIpc) is 3.35. The third-order valence-corrected chi connectivity index (χ3v) is 3.64. The molecule has 2 rings (SSSR count). The standard InChI is InChI=1S/C18H29N3O2.HI/c1-4-19-18(21-16-8-9-16)20-13-15-7-6-14(2)12-17(15)23-11-5-10-22-3;/h6-7,12,16H,4-5,8-11,13H2,1-3H3,(H2,19,20,21);1H. The highest BCUT2D eigenvalue weighted by molar-refractivity contribution is 14.0. The fourth-order valence-electron chi connectivity index (χ4n) is 2.22. The summed E-state index contributed by atoms with van der Waals surface area (Å²) < 4.78 is 11.0. The number of methoxy groups -OCH3 is 1. The summed E-state index contributed by atoms with van der Waals surface area (Å²) >= 11 is 0. The first-order chi connectivity index (χ1) is 11.2. The number of halogens is 1. The van der Waals surface area contributed by atoms with Crippen molar-refractivity contribution in [2.45, 2.75) is 45.7 Å². The van der Waals surface area contributed by atoms with Gasteiger partial charge in [0, 0.05) is 38.3 Å². The van der Waals surface area contributed by atoms with Crippen molar-refractivity contribution in [3.8, 4) is 5.75 Å². The highest BCUT2D eigenvalue weighted by atomic mass is 127. The first kappa shape index (κ1) is 21.0. The summed E-state index contributed by atoms with van der Waals surface area (Å²) in [6, 6.07) is 6.88. The lowest BCUT2D eigenvalue weighted by Crippen LogP contribution is -2.38. The summed E-state index contributed by atoms with van der Waals surface area (Å²) in [5.74, 6) is 1.81. The largest absolute Gasteiger partial charge is 0.493 e. The molecule has 1 saturated carbocycles. The van der Waals surface area contributed by atoms with Gasteiger partial charge in [-0.2, -0.15) is 0 Å². The van der Waals surface area contributed by atoms with Crippen molar-refractivity contribution in [1.29, 1.82) is 0 Å². The Bertz CT molecular complexity index is 519. The molecule has 0 spiro atoms. The minimum atomic E-state index is 0. The zero-order valence-electron chi connectivity index (χ0n) is 14.9. The van der Waals surface area contributed by atoms with E-state index in [0.717, 1.165) is 36.8 Å². The maximum absolute atomic E-state index is 5.92. The Hall–Kier alpha value is -1.02. The first-order valence-electron chi connectivity index (χ1n) is 8.49. The van der Waals surface area contributed by atoms with Crippen molar-refractivity contribution in [2.75, 3.05) is 26.9 Å². The molecule has 6 heteroatoms. The van der Waals surface area contributed by atoms with Crippen LogP contribution in [0.1, 0.15) is 37.3 Å². The molecule has 0 aromatic heterocycles. The van der Waals surface area contributed by atoms with Gasteiger partial charge in [-0.05, 0) is 38.3 Å². The van der Waals surface area contributed by atoms with Crippen LogP contribution in [0.4, 0.5) is 0 Å². The van der Waals surface area contributed by atoms with Crippen LogP contribution in [0.5, 0.6) is 5.75 Å². The van der Waals surface area contributed by atoms with Gasteiger partial charge in [-0.1, -0.05) is 12.1 Å². The second kappa shape index (κ2) is 11.5. The van der Waals surface area contributed by atoms with Crippen LogP contribution in [-0.2, 0) is 11.3 Å². The second-order valence-electron chi connectivity index (χ2n) is 5.92. The van der Waals surface area contributed by atoms with Crippen LogP contribution in [0.15, 0.2) is 23.2 Å². The first-order valence-corrected chi connectivity index (χ1v) is 8.49. The summed E-state index contributed by atoms with van der Waals surface area (Å²) in [4.78, 5) is 4.69. The number of ether oxygens (including phenoxy) is 2. The predicted octanol–water partition coefficient (Wildman–Crippen LogP) is 3.25. The molecule has 0 radical (unpaired) electrons. The Kier molecular flexibility index (Phi) is 10.1. The maximum atomic E-state index is 5.92. The van der Waals surface area contributed by atoms with Crippen molar-refractivity contribution in [3.63, 3.8) is 0 Å². The van der Waals surface area contributed by atoms with Crippen LogP contribution in [0.25, 0.3) is 0 Å². The molecule has 2 N–H and O–H groups in total. The number of guanidine groups is 1. The maximum Gasteiger partial charge on any atom is 0.191 e. The molecule has 0 aliphatic heterocycles. The van der Waals surface area contributed by atoms with Gasteiger partial charge in [0.1, 0.15) is 5.75 Å². The third-order valence-electron chi connectivity index (χ3n) is 3.64. The van der Waals surface area contributed by atoms with Crippen molar-refractivity contribution in [1.82, 2.24) is 10.6 Å². The Morgan fingerprint density at radius 3 is 2.75 bits per heavy atom. The van der Waals surface area contributed by atoms with E-state index in [-0.39, 0.29) is 24.0 Å². The summed E-state index contributed by atoms with van der Waals surface area (Å²) in [5.41, 5.74) is 2.31. The minimum Gasteiger partial charge on any atom is -0.493 e. The molecule has 1 aliphatic carbocycles. The lowest BCUT2D eigenvalue weighted by atomic mass is 10.1. The van der Waals surface area contributed by atoms with Crippen LogP contribution < -0.4 is 15.4 Å². The number of hydrogen-bond acceptors (Lipinski definition) is 3. The van der Waals surface area contributed by atoms with E-state index in [1.54, 1.807) is 7.11 Å². The molecule has 1 aliphatic rings. The molecule has 24 heavy (non-hydrogen) atoms. The number of aryl methyl sites for hydroxylation is 1. The molecule has 0 saturated heterocycles. The molecule has 5 nitrogen and oxygen atoms in total. The van der Waals surface area contributed by atoms with Gasteiger partial charge in [-0.25, -0.2) is 4.99 Å². The Morgan fingerprint density at radius 2 is 2.08 bits per heavy atom. The number of rotatable bonds is 9. The van der Waals surface area contributed by atoms with Crippen LogP contribution in [-0.4, -0.2) is 38.9 Å². The molecule has 0 amide bonds. The van der Waals surface area contributed by atoms with Crippen LogP contribution in [0, 0.1) is 6.92 Å². The van der Waals surface area contributed by atoms with Crippen LogP contribution in [0.2, 0.25) is 0 Å². The van der Waals surface area contributed by atoms with E-state index in [0.29, 0.717) is 19.2 Å². The summed E-state index contributed by atoms with van der Waals surface area (Å²) in [6.07, 6.45) is 3.37. The number of aliphatic imine (C=N–C) groups is 1. The SMILES string of the molecule is CCNC(=NCc1ccc(C)cc1OCCCOC)NC1CC1.I. The molecule has 0 atom stereocenters. The van der Waals surface area contributed by atoms with Gasteiger partial charge in [0.15, 0.2) is 5.96 Å². The van der Waals surface area contributed by atoms with Crippen molar-refractivity contribution in [2.24, 2.45) is 4.99 Å². The molecule has 0 bridgehead atoms. The normalized spacial score (nSPS) is 14.0. The fourth-order valence-corrected chi connectivity index (χ4v) is 2.22. The van der Waals surface area contributed by atoms with E-state index < -0.39 is 0 Å². The number of benzene rings is 1. The minimum absolute atomic E-state index is 0. The van der Waals surface area contributed by atoms with Gasteiger partial charge in [0.2, 0.25) is 0 Å². The molecular formula is C18H30IN3O2. The van der Waals surface area contributed by atoms with Crippen LogP contribution >= 0.6 is 24.0 Å². The summed E-state index contributed by atoms with van der Waals surface area (Å²) in [7, 11) is 1.71. The average molecular weight is 447 g/mol. The van der Waals surface area contributed by atoms with Gasteiger partial charge in [-0.15, -0.1) is 24.0 Å². The predicted molar refractivity (Wildman–Crippen MR) is 110 cm³/mol. The zero-order valence-corrected chi connectivity index (χ0v) is 17.3. The smallest absolute Gasteiger partial charge is 0.191 e. The van der Waals surface area contributed by atoms with Gasteiger partial charge >= 0.3 is 0 Å². The fraction of sp³-hybridized carbons (Fsp3) is 0.611. The van der Waals surface area contributed by atoms with Crippen LogP contribution in [0.3, 0.4) is 0 Å². The molecule has 136 valence electrons.